The Balaban J connectivity index is 1.45. The van der Waals surface area contributed by atoms with Crippen LogP contribution in [-0.4, -0.2) is 16.1 Å². The molecule has 0 unspecified atom stereocenters. The van der Waals surface area contributed by atoms with E-state index in [9.17, 15) is 15.2 Å². The lowest BCUT2D eigenvalue weighted by Gasteiger charge is -2.32. The predicted octanol–water partition coefficient (Wildman–Crippen LogP) is 5.79. The quantitative estimate of drug-likeness (QED) is 0.252. The Morgan fingerprint density at radius 3 is 2.19 bits per heavy atom. The molecule has 0 saturated heterocycles. The molecule has 0 saturated carbocycles. The normalized spacial score (nSPS) is 16.5. The number of aliphatic hydroxyl groups excluding tert-OH is 1. The summed E-state index contributed by atoms with van der Waals surface area (Å²) < 4.78 is 18.4. The monoisotopic (exact) mass is 483 g/mol. The zero-order chi connectivity index (χ0) is 24.9. The first-order valence-corrected chi connectivity index (χ1v) is 11.7. The lowest BCUT2D eigenvalue weighted by Crippen LogP contribution is -2.30. The Morgan fingerprint density at radius 2 is 1.53 bits per heavy atom. The van der Waals surface area contributed by atoms with Crippen LogP contribution in [0, 0.1) is 10.1 Å². The summed E-state index contributed by atoms with van der Waals surface area (Å²) in [6.45, 7) is 0.717. The van der Waals surface area contributed by atoms with Gasteiger partial charge in [0.2, 0.25) is 0 Å². The second kappa shape index (κ2) is 10.5. The SMILES string of the molecule is O=[N+]([O-])c1cccc([C@H]2Oc3cc(OCc4ccccc4)cc(OCc4ccccc4)c3C[C@@H]2O)c1. The first kappa shape index (κ1) is 23.4. The van der Waals surface area contributed by atoms with Crippen LogP contribution in [0.15, 0.2) is 97.1 Å². The standard InChI is InChI=1S/C29H25NO6/c31-26-17-25-27(35-19-21-10-5-2-6-11-21)15-24(34-18-20-8-3-1-4-9-20)16-28(25)36-29(26)22-12-7-13-23(14-22)30(32)33/h1-16,26,29,31H,17-19H2/t26-,29+/m0/s1. The van der Waals surface area contributed by atoms with Crippen LogP contribution >= 0.6 is 0 Å². The minimum absolute atomic E-state index is 0.0547. The van der Waals surface area contributed by atoms with Gasteiger partial charge in [-0.1, -0.05) is 72.8 Å². The van der Waals surface area contributed by atoms with Crippen molar-refractivity contribution in [1.29, 1.82) is 0 Å². The third-order valence-electron chi connectivity index (χ3n) is 6.05. The smallest absolute Gasteiger partial charge is 0.269 e. The van der Waals surface area contributed by atoms with Gasteiger partial charge in [-0.2, -0.15) is 0 Å². The van der Waals surface area contributed by atoms with E-state index in [-0.39, 0.29) is 12.1 Å². The van der Waals surface area contributed by atoms with E-state index in [1.165, 1.54) is 12.1 Å². The molecule has 36 heavy (non-hydrogen) atoms. The molecule has 1 N–H and O–H groups in total. The van der Waals surface area contributed by atoms with E-state index >= 15 is 0 Å². The van der Waals surface area contributed by atoms with Crippen LogP contribution < -0.4 is 14.2 Å². The van der Waals surface area contributed by atoms with Gasteiger partial charge in [0.15, 0.2) is 6.10 Å². The summed E-state index contributed by atoms with van der Waals surface area (Å²) in [4.78, 5) is 10.8. The van der Waals surface area contributed by atoms with Crippen LogP contribution in [0.2, 0.25) is 0 Å². The molecule has 0 fully saturated rings. The zero-order valence-corrected chi connectivity index (χ0v) is 19.4. The summed E-state index contributed by atoms with van der Waals surface area (Å²) in [5, 5.41) is 22.2. The van der Waals surface area contributed by atoms with E-state index in [1.54, 1.807) is 18.2 Å². The average Bonchev–Trinajstić information content (AvgIpc) is 2.91. The van der Waals surface area contributed by atoms with Gasteiger partial charge >= 0.3 is 0 Å². The topological polar surface area (TPSA) is 91.1 Å². The maximum Gasteiger partial charge on any atom is 0.269 e. The van der Waals surface area contributed by atoms with E-state index < -0.39 is 17.1 Å². The number of fused-ring (bicyclic) bond motifs is 1. The highest BCUT2D eigenvalue weighted by Crippen LogP contribution is 2.43. The molecule has 1 aliphatic heterocycles. The second-order valence-corrected chi connectivity index (χ2v) is 8.61. The molecule has 182 valence electrons. The van der Waals surface area contributed by atoms with Crippen LogP contribution in [0.5, 0.6) is 17.2 Å². The largest absolute Gasteiger partial charge is 0.489 e. The van der Waals surface area contributed by atoms with Crippen LogP contribution in [0.25, 0.3) is 0 Å². The highest BCUT2D eigenvalue weighted by Gasteiger charge is 2.33. The van der Waals surface area contributed by atoms with Crippen molar-refractivity contribution in [2.45, 2.75) is 31.8 Å². The molecule has 1 aliphatic rings. The number of nitro groups is 1. The van der Waals surface area contributed by atoms with E-state index in [0.717, 1.165) is 16.7 Å². The molecule has 0 radical (unpaired) electrons. The third-order valence-corrected chi connectivity index (χ3v) is 6.05. The van der Waals surface area contributed by atoms with E-state index in [4.69, 9.17) is 14.2 Å². The minimum Gasteiger partial charge on any atom is -0.489 e. The molecule has 0 amide bonds. The van der Waals surface area contributed by atoms with Crippen molar-refractivity contribution >= 4 is 5.69 Å². The summed E-state index contributed by atoms with van der Waals surface area (Å²) in [5.41, 5.74) is 3.24. The van der Waals surface area contributed by atoms with Crippen molar-refractivity contribution < 1.29 is 24.2 Å². The van der Waals surface area contributed by atoms with Crippen molar-refractivity contribution in [3.8, 4) is 17.2 Å². The van der Waals surface area contributed by atoms with Crippen molar-refractivity contribution in [1.82, 2.24) is 0 Å². The summed E-state index contributed by atoms with van der Waals surface area (Å²) in [5.74, 6) is 1.65. The minimum atomic E-state index is -0.908. The number of rotatable bonds is 8. The second-order valence-electron chi connectivity index (χ2n) is 8.61. The summed E-state index contributed by atoms with van der Waals surface area (Å²) in [6.07, 6.45) is -1.40. The molecule has 0 spiro atoms. The first-order valence-electron chi connectivity index (χ1n) is 11.7. The maximum absolute atomic E-state index is 11.3. The highest BCUT2D eigenvalue weighted by molar-refractivity contribution is 5.53. The molecular weight excluding hydrogens is 458 g/mol. The summed E-state index contributed by atoms with van der Waals surface area (Å²) >= 11 is 0. The van der Waals surface area contributed by atoms with Gasteiger partial charge in [0.1, 0.15) is 30.5 Å². The molecule has 7 heteroatoms. The number of nitro benzene ring substituents is 1. The van der Waals surface area contributed by atoms with Crippen molar-refractivity contribution in [3.05, 3.63) is 129 Å². The Bertz CT molecular complexity index is 1340. The van der Waals surface area contributed by atoms with E-state index in [2.05, 4.69) is 0 Å². The fraction of sp³-hybridized carbons (Fsp3) is 0.172. The van der Waals surface area contributed by atoms with Gasteiger partial charge in [-0.3, -0.25) is 10.1 Å². The highest BCUT2D eigenvalue weighted by atomic mass is 16.6. The van der Waals surface area contributed by atoms with Gasteiger partial charge in [-0.25, -0.2) is 0 Å². The van der Waals surface area contributed by atoms with Crippen molar-refractivity contribution in [3.63, 3.8) is 0 Å². The molecule has 0 aliphatic carbocycles. The number of non-ortho nitro benzene ring substituents is 1. The van der Waals surface area contributed by atoms with Crippen molar-refractivity contribution in [2.75, 3.05) is 0 Å². The lowest BCUT2D eigenvalue weighted by atomic mass is 9.94. The average molecular weight is 484 g/mol. The van der Waals surface area contributed by atoms with Crippen molar-refractivity contribution in [2.24, 2.45) is 0 Å². The Labute approximate surface area is 208 Å². The number of hydrogen-bond acceptors (Lipinski definition) is 6. The first-order chi connectivity index (χ1) is 17.6. The Hall–Kier alpha value is -4.36. The molecule has 7 nitrogen and oxygen atoms in total. The number of hydrogen-bond donors (Lipinski definition) is 1. The Kier molecular flexibility index (Phi) is 6.82. The van der Waals surface area contributed by atoms with Gasteiger partial charge < -0.3 is 19.3 Å². The van der Waals surface area contributed by atoms with Crippen LogP contribution in [0.4, 0.5) is 5.69 Å². The van der Waals surface area contributed by atoms with Crippen LogP contribution in [0.3, 0.4) is 0 Å². The molecule has 4 aromatic carbocycles. The molecule has 0 aromatic heterocycles. The fourth-order valence-electron chi connectivity index (χ4n) is 4.23. The molecule has 2 atom stereocenters. The van der Waals surface area contributed by atoms with Gasteiger partial charge in [0.25, 0.3) is 5.69 Å². The number of benzene rings is 4. The Morgan fingerprint density at radius 1 is 0.861 bits per heavy atom. The van der Waals surface area contributed by atoms with Gasteiger partial charge in [0.05, 0.1) is 11.0 Å². The third kappa shape index (κ3) is 5.31. The molecule has 0 bridgehead atoms. The number of ether oxygens (including phenoxy) is 3. The molecule has 1 heterocycles. The molecule has 4 aromatic rings. The molecular formula is C29H25NO6. The summed E-state index contributed by atoms with van der Waals surface area (Å²) in [6, 6.07) is 29.4. The van der Waals surface area contributed by atoms with Gasteiger partial charge in [0, 0.05) is 41.8 Å². The molecule has 5 rings (SSSR count). The van der Waals surface area contributed by atoms with E-state index in [0.29, 0.717) is 36.0 Å². The summed E-state index contributed by atoms with van der Waals surface area (Å²) in [7, 11) is 0. The van der Waals surface area contributed by atoms with Crippen LogP contribution in [-0.2, 0) is 19.6 Å². The lowest BCUT2D eigenvalue weighted by molar-refractivity contribution is -0.385. The zero-order valence-electron chi connectivity index (χ0n) is 19.4. The maximum atomic E-state index is 11.3. The van der Waals surface area contributed by atoms with Crippen LogP contribution in [0.1, 0.15) is 28.4 Å². The van der Waals surface area contributed by atoms with Gasteiger partial charge in [-0.05, 0) is 11.1 Å². The predicted molar refractivity (Wildman–Crippen MR) is 134 cm³/mol. The van der Waals surface area contributed by atoms with Gasteiger partial charge in [-0.15, -0.1) is 0 Å². The number of aliphatic hydroxyl groups is 1. The van der Waals surface area contributed by atoms with E-state index in [1.807, 2.05) is 66.7 Å². The number of nitrogens with zero attached hydrogens (tertiary/aromatic N) is 1. The fourth-order valence-corrected chi connectivity index (χ4v) is 4.23.